The molecule has 0 aromatic heterocycles. The Bertz CT molecular complexity index is 104. The van der Waals surface area contributed by atoms with Crippen LogP contribution in [0.15, 0.2) is 0 Å². The molecule has 0 aromatic rings. The Labute approximate surface area is 116 Å². The Balaban J connectivity index is -0.0000000270. The normalized spacial score (nSPS) is 5.71. The van der Waals surface area contributed by atoms with Crippen molar-refractivity contribution in [2.24, 2.45) is 11.5 Å². The van der Waals surface area contributed by atoms with Crippen LogP contribution in [0.4, 0.5) is 0 Å². The fourth-order valence-electron chi connectivity index (χ4n) is 0. The first-order valence-electron chi connectivity index (χ1n) is 3.13. The second-order valence-electron chi connectivity index (χ2n) is 1.56. The Hall–Kier alpha value is 0.379. The van der Waals surface area contributed by atoms with Crippen LogP contribution < -0.4 is 51.2 Å². The average Bonchev–Trinajstić information content (AvgIpc) is 1.85. The van der Waals surface area contributed by atoms with Gasteiger partial charge in [-0.25, -0.2) is 0 Å². The summed E-state index contributed by atoms with van der Waals surface area (Å²) in [6.07, 6.45) is 0. The van der Waals surface area contributed by atoms with Crippen molar-refractivity contribution < 1.29 is 66.4 Å². The fraction of sp³-hybridized carbons (Fsp3) is 0.667. The third kappa shape index (κ3) is 842. The van der Waals surface area contributed by atoms with Gasteiger partial charge in [0, 0.05) is 25.0 Å². The van der Waals surface area contributed by atoms with E-state index in [2.05, 4.69) is 0 Å². The first-order valence-corrected chi connectivity index (χ1v) is 3.13. The molecule has 0 saturated carbocycles. The summed E-state index contributed by atoms with van der Waals surface area (Å²) in [7, 11) is 0. The van der Waals surface area contributed by atoms with Crippen LogP contribution in [0.25, 0.3) is 0 Å². The number of hydrogen-bond acceptors (Lipinski definition) is 6. The molecular formula is C6H14CuN2NaO4+. The summed E-state index contributed by atoms with van der Waals surface area (Å²) < 4.78 is 0. The number of rotatable bonds is 1. The van der Waals surface area contributed by atoms with Crippen LogP contribution >= 0.6 is 0 Å². The van der Waals surface area contributed by atoms with Gasteiger partial charge in [-0.05, 0) is 13.8 Å². The van der Waals surface area contributed by atoms with Crippen LogP contribution in [0.2, 0.25) is 0 Å². The predicted molar refractivity (Wildman–Crippen MR) is 39.5 cm³/mol. The van der Waals surface area contributed by atoms with Crippen LogP contribution in [-0.4, -0.2) is 25.0 Å². The van der Waals surface area contributed by atoms with Crippen LogP contribution in [0.5, 0.6) is 0 Å². The predicted octanol–water partition coefficient (Wildman–Crippen LogP) is -6.58. The number of carbonyl (C=O) groups excluding carboxylic acids is 2. The molecule has 1 radical (unpaired) electrons. The molecule has 0 amide bonds. The summed E-state index contributed by atoms with van der Waals surface area (Å²) in [5.41, 5.74) is 9.81. The summed E-state index contributed by atoms with van der Waals surface area (Å²) in [5.74, 6) is -2.17. The Morgan fingerprint density at radius 1 is 1.00 bits per heavy atom. The van der Waals surface area contributed by atoms with Crippen LogP contribution in [0.1, 0.15) is 13.8 Å². The van der Waals surface area contributed by atoms with Gasteiger partial charge in [0.05, 0.1) is 0 Å². The zero-order valence-corrected chi connectivity index (χ0v) is 11.4. The van der Waals surface area contributed by atoms with Gasteiger partial charge in [0.15, 0.2) is 0 Å². The zero-order valence-electron chi connectivity index (χ0n) is 8.50. The van der Waals surface area contributed by atoms with Gasteiger partial charge in [-0.2, -0.15) is 0 Å². The van der Waals surface area contributed by atoms with E-state index in [1.54, 1.807) is 0 Å². The molecular weight excluding hydrogens is 251 g/mol. The molecule has 0 aliphatic heterocycles. The molecule has 0 saturated heterocycles. The molecule has 0 aliphatic carbocycles. The number of carboxylic acids is 2. The number of carboxylic acid groups (broad SMARTS) is 2. The molecule has 0 spiro atoms. The van der Waals surface area contributed by atoms with Gasteiger partial charge in [0.25, 0.3) is 0 Å². The quantitative estimate of drug-likeness (QED) is 0.453. The second kappa shape index (κ2) is 29.2. The largest absolute Gasteiger partial charge is 2.00 e. The molecule has 0 bridgehead atoms. The molecule has 83 valence electrons. The first-order chi connectivity index (χ1) is 5.38. The van der Waals surface area contributed by atoms with E-state index in [4.69, 9.17) is 31.3 Å². The van der Waals surface area contributed by atoms with E-state index in [-0.39, 0.29) is 46.6 Å². The average molecular weight is 265 g/mol. The standard InChI is InChI=1S/C2H8N2.2C2H4O2.Cu.Na/c3-1-2-4;2*1-2(3)4;;/h1-4H2;2*1H3,(H,3,4);;/q;;;+2;+1/p-2. The van der Waals surface area contributed by atoms with Crippen LogP contribution in [0.3, 0.4) is 0 Å². The number of aliphatic carboxylic acids is 2. The fourth-order valence-corrected chi connectivity index (χ4v) is 0. The van der Waals surface area contributed by atoms with Gasteiger partial charge in [0.2, 0.25) is 0 Å². The van der Waals surface area contributed by atoms with Crippen molar-refractivity contribution in [3.63, 3.8) is 0 Å². The van der Waals surface area contributed by atoms with Crippen molar-refractivity contribution >= 4 is 11.9 Å². The van der Waals surface area contributed by atoms with Gasteiger partial charge >= 0.3 is 46.6 Å². The van der Waals surface area contributed by atoms with Gasteiger partial charge in [-0.1, -0.05) is 0 Å². The molecule has 0 rings (SSSR count). The van der Waals surface area contributed by atoms with E-state index >= 15 is 0 Å². The molecule has 14 heavy (non-hydrogen) atoms. The minimum absolute atomic E-state index is 0. The molecule has 0 aromatic carbocycles. The third-order valence-electron chi connectivity index (χ3n) is 0.167. The van der Waals surface area contributed by atoms with Crippen molar-refractivity contribution in [3.8, 4) is 0 Å². The maximum atomic E-state index is 8.89. The summed E-state index contributed by atoms with van der Waals surface area (Å²) in [6.45, 7) is 3.14. The van der Waals surface area contributed by atoms with E-state index in [1.807, 2.05) is 0 Å². The van der Waals surface area contributed by atoms with Gasteiger partial charge in [-0.15, -0.1) is 0 Å². The molecule has 4 N–H and O–H groups in total. The van der Waals surface area contributed by atoms with E-state index < -0.39 is 11.9 Å². The smallest absolute Gasteiger partial charge is 0.550 e. The van der Waals surface area contributed by atoms with Gasteiger partial charge in [0.1, 0.15) is 0 Å². The summed E-state index contributed by atoms with van der Waals surface area (Å²) in [6, 6.07) is 0. The maximum Gasteiger partial charge on any atom is 2.00 e. The number of carbonyl (C=O) groups is 2. The van der Waals surface area contributed by atoms with E-state index in [0.29, 0.717) is 13.1 Å². The number of nitrogens with two attached hydrogens (primary N) is 2. The molecule has 6 nitrogen and oxygen atoms in total. The third-order valence-corrected chi connectivity index (χ3v) is 0.167. The van der Waals surface area contributed by atoms with Crippen LogP contribution in [0, 0.1) is 0 Å². The van der Waals surface area contributed by atoms with Crippen molar-refractivity contribution in [2.75, 3.05) is 13.1 Å². The zero-order chi connectivity index (χ0) is 10.6. The Morgan fingerprint density at radius 2 is 1.07 bits per heavy atom. The summed E-state index contributed by atoms with van der Waals surface area (Å²) in [4.78, 5) is 17.8. The van der Waals surface area contributed by atoms with E-state index in [0.717, 1.165) is 13.8 Å². The molecule has 8 heteroatoms. The molecule has 0 unspecified atom stereocenters. The minimum atomic E-state index is -1.08. The maximum absolute atomic E-state index is 8.89. The van der Waals surface area contributed by atoms with Gasteiger partial charge < -0.3 is 31.3 Å². The summed E-state index contributed by atoms with van der Waals surface area (Å²) in [5, 5.41) is 17.8. The van der Waals surface area contributed by atoms with Crippen molar-refractivity contribution in [1.29, 1.82) is 0 Å². The van der Waals surface area contributed by atoms with Crippen LogP contribution in [-0.2, 0) is 26.7 Å². The first kappa shape index (κ1) is 29.3. The van der Waals surface area contributed by atoms with E-state index in [9.17, 15) is 0 Å². The molecule has 0 heterocycles. The SMILES string of the molecule is CC(=O)[O-].CC(=O)[O-].NCCN.[Cu+2].[Na+]. The second-order valence-corrected chi connectivity index (χ2v) is 1.56. The van der Waals surface area contributed by atoms with Crippen molar-refractivity contribution in [1.82, 2.24) is 0 Å². The van der Waals surface area contributed by atoms with Crippen molar-refractivity contribution in [3.05, 3.63) is 0 Å². The topological polar surface area (TPSA) is 132 Å². The molecule has 0 fully saturated rings. The van der Waals surface area contributed by atoms with Crippen molar-refractivity contribution in [2.45, 2.75) is 13.8 Å². The number of hydrogen-bond donors (Lipinski definition) is 2. The van der Waals surface area contributed by atoms with Gasteiger partial charge in [-0.3, -0.25) is 0 Å². The Morgan fingerprint density at radius 3 is 1.07 bits per heavy atom. The monoisotopic (exact) mass is 264 g/mol. The van der Waals surface area contributed by atoms with E-state index in [1.165, 1.54) is 0 Å². The molecule has 0 aliphatic rings. The molecule has 0 atom stereocenters. The summed E-state index contributed by atoms with van der Waals surface area (Å²) >= 11 is 0. The minimum Gasteiger partial charge on any atom is -0.550 e. The Kier molecular flexibility index (Phi) is 61.0.